The van der Waals surface area contributed by atoms with Crippen LogP contribution in [0.3, 0.4) is 0 Å². The van der Waals surface area contributed by atoms with E-state index in [4.69, 9.17) is 23.2 Å². The third-order valence-corrected chi connectivity index (χ3v) is 3.50. The lowest BCUT2D eigenvalue weighted by atomic mass is 10.1. The molecule has 0 bridgehead atoms. The van der Waals surface area contributed by atoms with Crippen molar-refractivity contribution in [2.24, 2.45) is 0 Å². The van der Waals surface area contributed by atoms with Gasteiger partial charge in [0.15, 0.2) is 0 Å². The molecule has 7 heteroatoms. The fourth-order valence-corrected chi connectivity index (χ4v) is 2.83. The minimum atomic E-state index is -0.535. The number of rotatable bonds is 2. The standard InChI is InChI=1S/C11H12Cl2N2O3/c12-9-4-7(15(17)18)5-10(13)11(9)14-3-1-2-8(16)6-14/h4-5,8,16H,1-3,6H2. The van der Waals surface area contributed by atoms with Crippen LogP contribution in [0.25, 0.3) is 0 Å². The van der Waals surface area contributed by atoms with Crippen molar-refractivity contribution >= 4 is 34.6 Å². The molecule has 1 aromatic carbocycles. The van der Waals surface area contributed by atoms with E-state index >= 15 is 0 Å². The zero-order chi connectivity index (χ0) is 13.3. The summed E-state index contributed by atoms with van der Waals surface area (Å²) in [6, 6.07) is 2.56. The van der Waals surface area contributed by atoms with E-state index in [-0.39, 0.29) is 15.7 Å². The first-order valence-corrected chi connectivity index (χ1v) is 6.31. The van der Waals surface area contributed by atoms with Crippen LogP contribution in [0.5, 0.6) is 0 Å². The van der Waals surface area contributed by atoms with Gasteiger partial charge in [-0.25, -0.2) is 0 Å². The average Bonchev–Trinajstić information content (AvgIpc) is 2.27. The van der Waals surface area contributed by atoms with E-state index in [2.05, 4.69) is 0 Å². The molecule has 1 aliphatic rings. The molecule has 1 heterocycles. The van der Waals surface area contributed by atoms with Gasteiger partial charge in [0.05, 0.1) is 26.8 Å². The highest BCUT2D eigenvalue weighted by molar-refractivity contribution is 6.39. The van der Waals surface area contributed by atoms with E-state index < -0.39 is 11.0 Å². The molecule has 1 saturated heterocycles. The number of halogens is 2. The maximum absolute atomic E-state index is 10.7. The summed E-state index contributed by atoms with van der Waals surface area (Å²) in [5.74, 6) is 0. The first-order valence-electron chi connectivity index (χ1n) is 5.55. The second kappa shape index (κ2) is 5.30. The minimum Gasteiger partial charge on any atom is -0.391 e. The van der Waals surface area contributed by atoms with Gasteiger partial charge < -0.3 is 10.0 Å². The van der Waals surface area contributed by atoms with Crippen molar-refractivity contribution in [3.8, 4) is 0 Å². The Bertz CT molecular complexity index is 458. The molecule has 1 atom stereocenters. The number of benzene rings is 1. The number of nitro benzene ring substituents is 1. The molecule has 0 radical (unpaired) electrons. The molecule has 1 N–H and O–H groups in total. The Balaban J connectivity index is 2.36. The Morgan fingerprint density at radius 2 is 2.00 bits per heavy atom. The Morgan fingerprint density at radius 3 is 2.50 bits per heavy atom. The topological polar surface area (TPSA) is 66.6 Å². The van der Waals surface area contributed by atoms with E-state index in [0.29, 0.717) is 12.2 Å². The number of non-ortho nitro benzene ring substituents is 1. The lowest BCUT2D eigenvalue weighted by Crippen LogP contribution is -2.38. The van der Waals surface area contributed by atoms with Gasteiger partial charge in [0.1, 0.15) is 0 Å². The highest BCUT2D eigenvalue weighted by Gasteiger charge is 2.24. The maximum Gasteiger partial charge on any atom is 0.272 e. The molecular formula is C11H12Cl2N2O3. The maximum atomic E-state index is 10.7. The van der Waals surface area contributed by atoms with E-state index in [1.807, 2.05) is 4.90 Å². The average molecular weight is 291 g/mol. The second-order valence-corrected chi connectivity index (χ2v) is 5.07. The molecule has 0 aliphatic carbocycles. The summed E-state index contributed by atoms with van der Waals surface area (Å²) in [6.07, 6.45) is 1.17. The van der Waals surface area contributed by atoms with Crippen molar-refractivity contribution in [3.63, 3.8) is 0 Å². The monoisotopic (exact) mass is 290 g/mol. The number of aliphatic hydroxyl groups is 1. The van der Waals surface area contributed by atoms with Gasteiger partial charge in [-0.2, -0.15) is 0 Å². The number of hydrogen-bond acceptors (Lipinski definition) is 4. The molecule has 1 aromatic rings. The summed E-state index contributed by atoms with van der Waals surface area (Å²) in [5.41, 5.74) is 0.425. The molecular weight excluding hydrogens is 279 g/mol. The zero-order valence-electron chi connectivity index (χ0n) is 9.47. The van der Waals surface area contributed by atoms with Gasteiger partial charge in [-0.1, -0.05) is 23.2 Å². The second-order valence-electron chi connectivity index (χ2n) is 4.26. The van der Waals surface area contributed by atoms with Crippen LogP contribution in [0.4, 0.5) is 11.4 Å². The Kier molecular flexibility index (Phi) is 3.94. The normalized spacial score (nSPS) is 19.9. The van der Waals surface area contributed by atoms with Crippen LogP contribution in [0.1, 0.15) is 12.8 Å². The molecule has 5 nitrogen and oxygen atoms in total. The Labute approximate surface area is 114 Å². The number of hydrogen-bond donors (Lipinski definition) is 1. The molecule has 98 valence electrons. The molecule has 2 rings (SSSR count). The van der Waals surface area contributed by atoms with Crippen molar-refractivity contribution in [1.29, 1.82) is 0 Å². The third kappa shape index (κ3) is 2.68. The minimum absolute atomic E-state index is 0.133. The lowest BCUT2D eigenvalue weighted by Gasteiger charge is -2.33. The molecule has 0 saturated carbocycles. The first-order chi connectivity index (χ1) is 8.49. The molecule has 0 amide bonds. The van der Waals surface area contributed by atoms with E-state index in [0.717, 1.165) is 19.4 Å². The largest absolute Gasteiger partial charge is 0.391 e. The van der Waals surface area contributed by atoms with Crippen LogP contribution < -0.4 is 4.90 Å². The van der Waals surface area contributed by atoms with E-state index in [9.17, 15) is 15.2 Å². The van der Waals surface area contributed by atoms with E-state index in [1.54, 1.807) is 0 Å². The first kappa shape index (κ1) is 13.4. The predicted molar refractivity (Wildman–Crippen MR) is 70.6 cm³/mol. The van der Waals surface area contributed by atoms with Crippen molar-refractivity contribution in [2.45, 2.75) is 18.9 Å². The van der Waals surface area contributed by atoms with Gasteiger partial charge in [0, 0.05) is 25.2 Å². The summed E-state index contributed by atoms with van der Waals surface area (Å²) in [5, 5.41) is 20.8. The summed E-state index contributed by atoms with van der Waals surface area (Å²) in [7, 11) is 0. The highest BCUT2D eigenvalue weighted by atomic mass is 35.5. The van der Waals surface area contributed by atoms with Gasteiger partial charge >= 0.3 is 0 Å². The van der Waals surface area contributed by atoms with Crippen molar-refractivity contribution in [1.82, 2.24) is 0 Å². The number of aliphatic hydroxyl groups excluding tert-OH is 1. The van der Waals surface area contributed by atoms with Crippen molar-refractivity contribution < 1.29 is 10.0 Å². The van der Waals surface area contributed by atoms with Crippen LogP contribution in [-0.4, -0.2) is 29.2 Å². The van der Waals surface area contributed by atoms with Crippen LogP contribution >= 0.6 is 23.2 Å². The quantitative estimate of drug-likeness (QED) is 0.672. The predicted octanol–water partition coefficient (Wildman–Crippen LogP) is 2.86. The molecule has 0 aromatic heterocycles. The number of β-amino-alcohol motifs (C(OH)–C–C–N with tert-alkyl or cyclic N) is 1. The lowest BCUT2D eigenvalue weighted by molar-refractivity contribution is -0.384. The number of anilines is 1. The van der Waals surface area contributed by atoms with Crippen molar-refractivity contribution in [3.05, 3.63) is 32.3 Å². The van der Waals surface area contributed by atoms with Gasteiger partial charge in [-0.15, -0.1) is 0 Å². The summed E-state index contributed by atoms with van der Waals surface area (Å²) >= 11 is 12.1. The third-order valence-electron chi connectivity index (χ3n) is 2.93. The van der Waals surface area contributed by atoms with Crippen LogP contribution in [0, 0.1) is 10.1 Å². The fraction of sp³-hybridized carbons (Fsp3) is 0.455. The molecule has 18 heavy (non-hydrogen) atoms. The Morgan fingerprint density at radius 1 is 1.39 bits per heavy atom. The fourth-order valence-electron chi connectivity index (χ4n) is 2.12. The summed E-state index contributed by atoms with van der Waals surface area (Å²) in [6.45, 7) is 1.17. The molecule has 0 spiro atoms. The Hall–Kier alpha value is -1.04. The van der Waals surface area contributed by atoms with Crippen LogP contribution in [-0.2, 0) is 0 Å². The molecule has 1 unspecified atom stereocenters. The molecule has 1 fully saturated rings. The van der Waals surface area contributed by atoms with Gasteiger partial charge in [-0.05, 0) is 12.8 Å². The van der Waals surface area contributed by atoms with Crippen LogP contribution in [0.15, 0.2) is 12.1 Å². The van der Waals surface area contributed by atoms with Crippen LogP contribution in [0.2, 0.25) is 10.0 Å². The number of nitro groups is 1. The van der Waals surface area contributed by atoms with Gasteiger partial charge in [0.2, 0.25) is 0 Å². The number of piperidine rings is 1. The van der Waals surface area contributed by atoms with Crippen molar-refractivity contribution in [2.75, 3.05) is 18.0 Å². The SMILES string of the molecule is O=[N+]([O-])c1cc(Cl)c(N2CCCC(O)C2)c(Cl)c1. The summed E-state index contributed by atoms with van der Waals surface area (Å²) in [4.78, 5) is 12.0. The number of nitrogens with zero attached hydrogens (tertiary/aromatic N) is 2. The highest BCUT2D eigenvalue weighted by Crippen LogP contribution is 2.38. The summed E-state index contributed by atoms with van der Waals surface area (Å²) < 4.78 is 0. The molecule has 1 aliphatic heterocycles. The zero-order valence-corrected chi connectivity index (χ0v) is 11.0. The van der Waals surface area contributed by atoms with Gasteiger partial charge in [-0.3, -0.25) is 10.1 Å². The van der Waals surface area contributed by atoms with E-state index in [1.165, 1.54) is 12.1 Å². The van der Waals surface area contributed by atoms with Gasteiger partial charge in [0.25, 0.3) is 5.69 Å². The smallest absolute Gasteiger partial charge is 0.272 e.